The fourth-order valence-electron chi connectivity index (χ4n) is 5.50. The van der Waals surface area contributed by atoms with Crippen LogP contribution in [0.4, 0.5) is 4.39 Å². The molecule has 1 heterocycles. The lowest BCUT2D eigenvalue weighted by Gasteiger charge is -2.45. The molecule has 1 fully saturated rings. The molecule has 0 bridgehead atoms. The van der Waals surface area contributed by atoms with Crippen LogP contribution in [0.1, 0.15) is 28.7 Å². The number of carboxylic acid groups (broad SMARTS) is 1. The smallest absolute Gasteiger partial charge is 0.320 e. The van der Waals surface area contributed by atoms with Crippen molar-refractivity contribution >= 4 is 5.97 Å². The molecule has 4 aromatic rings. The molecular formula is C39H42FNO7. The van der Waals surface area contributed by atoms with Crippen LogP contribution >= 0.6 is 0 Å². The van der Waals surface area contributed by atoms with Crippen molar-refractivity contribution in [3.8, 4) is 0 Å². The summed E-state index contributed by atoms with van der Waals surface area (Å²) in [6, 6.07) is 37.4. The second kappa shape index (κ2) is 18.4. The molecule has 9 heteroatoms. The van der Waals surface area contributed by atoms with Gasteiger partial charge in [0.2, 0.25) is 0 Å². The maximum atomic E-state index is 15.5. The maximum Gasteiger partial charge on any atom is 0.320 e. The second-order valence-corrected chi connectivity index (χ2v) is 11.7. The number of ether oxygens (including phenoxy) is 5. The molecule has 4 aromatic carbocycles. The van der Waals surface area contributed by atoms with Crippen LogP contribution in [-0.4, -0.2) is 54.2 Å². The largest absolute Gasteiger partial charge is 0.480 e. The zero-order valence-corrected chi connectivity index (χ0v) is 26.7. The molecule has 0 spiro atoms. The summed E-state index contributed by atoms with van der Waals surface area (Å²) in [7, 11) is 0. The first-order valence-corrected chi connectivity index (χ1v) is 16.0. The average Bonchev–Trinajstić information content (AvgIpc) is 3.11. The van der Waals surface area contributed by atoms with Crippen LogP contribution in [0.2, 0.25) is 0 Å². The van der Waals surface area contributed by atoms with Gasteiger partial charge in [0.25, 0.3) is 0 Å². The molecule has 2 unspecified atom stereocenters. The van der Waals surface area contributed by atoms with E-state index in [1.54, 1.807) is 0 Å². The lowest BCUT2D eigenvalue weighted by atomic mass is 9.93. The number of rotatable bonds is 17. The van der Waals surface area contributed by atoms with Crippen molar-refractivity contribution in [1.82, 2.24) is 0 Å². The normalized spacial score (nSPS) is 21.9. The predicted octanol–water partition coefficient (Wildman–Crippen LogP) is 6.38. The first kappa shape index (κ1) is 35.1. The van der Waals surface area contributed by atoms with Gasteiger partial charge in [0.1, 0.15) is 42.4 Å². The summed E-state index contributed by atoms with van der Waals surface area (Å²) in [5, 5.41) is 9.31. The van der Waals surface area contributed by atoms with Gasteiger partial charge in [0, 0.05) is 6.42 Å². The number of carbonyl (C=O) groups is 1. The maximum absolute atomic E-state index is 15.5. The summed E-state index contributed by atoms with van der Waals surface area (Å²) in [5.41, 5.74) is 9.47. The number of nitrogens with two attached hydrogens (primary N) is 1. The molecule has 8 nitrogen and oxygen atoms in total. The van der Waals surface area contributed by atoms with Crippen molar-refractivity contribution in [3.63, 3.8) is 0 Å². The molecule has 48 heavy (non-hydrogen) atoms. The van der Waals surface area contributed by atoms with E-state index < -0.39 is 54.8 Å². The van der Waals surface area contributed by atoms with Crippen LogP contribution in [0.25, 0.3) is 0 Å². The molecule has 0 aromatic heterocycles. The van der Waals surface area contributed by atoms with E-state index in [1.807, 2.05) is 121 Å². The molecule has 0 radical (unpaired) electrons. The van der Waals surface area contributed by atoms with E-state index in [0.29, 0.717) is 6.61 Å². The third kappa shape index (κ3) is 10.6. The Balaban J connectivity index is 1.48. The zero-order chi connectivity index (χ0) is 33.6. The van der Waals surface area contributed by atoms with Crippen LogP contribution in [0.5, 0.6) is 0 Å². The summed E-state index contributed by atoms with van der Waals surface area (Å²) in [6.07, 6.45) is -3.19. The Bertz CT molecular complexity index is 1540. The lowest BCUT2D eigenvalue weighted by molar-refractivity contribution is -0.263. The summed E-state index contributed by atoms with van der Waals surface area (Å²) in [4.78, 5) is 11.4. The third-order valence-corrected chi connectivity index (χ3v) is 8.00. The number of halogens is 1. The van der Waals surface area contributed by atoms with Gasteiger partial charge in [-0.15, -0.1) is 0 Å². The molecule has 1 saturated heterocycles. The summed E-state index contributed by atoms with van der Waals surface area (Å²) >= 11 is 0. The van der Waals surface area contributed by atoms with E-state index in [1.165, 1.54) is 6.08 Å². The van der Waals surface area contributed by atoms with Gasteiger partial charge in [-0.25, -0.2) is 4.39 Å². The molecular weight excluding hydrogens is 613 g/mol. The van der Waals surface area contributed by atoms with Crippen LogP contribution in [-0.2, 0) is 54.9 Å². The Morgan fingerprint density at radius 3 is 1.56 bits per heavy atom. The minimum absolute atomic E-state index is 0.117. The average molecular weight is 656 g/mol. The van der Waals surface area contributed by atoms with Gasteiger partial charge in [-0.3, -0.25) is 4.79 Å². The molecule has 0 saturated carbocycles. The number of aliphatic carboxylic acids is 1. The van der Waals surface area contributed by atoms with Gasteiger partial charge < -0.3 is 34.5 Å². The van der Waals surface area contributed by atoms with E-state index in [9.17, 15) is 9.90 Å². The third-order valence-electron chi connectivity index (χ3n) is 8.00. The fourth-order valence-corrected chi connectivity index (χ4v) is 5.50. The Labute approximate surface area is 280 Å². The Hall–Kier alpha value is -4.22. The van der Waals surface area contributed by atoms with Crippen molar-refractivity contribution in [2.75, 3.05) is 6.61 Å². The summed E-state index contributed by atoms with van der Waals surface area (Å²) in [5.74, 6) is -2.02. The molecule has 1 aliphatic rings. The second-order valence-electron chi connectivity index (χ2n) is 11.7. The van der Waals surface area contributed by atoms with E-state index in [2.05, 4.69) is 0 Å². The highest BCUT2D eigenvalue weighted by Gasteiger charge is 2.48. The first-order chi connectivity index (χ1) is 23.5. The minimum Gasteiger partial charge on any atom is -0.480 e. The van der Waals surface area contributed by atoms with Gasteiger partial charge in [-0.1, -0.05) is 121 Å². The highest BCUT2D eigenvalue weighted by atomic mass is 19.1. The van der Waals surface area contributed by atoms with Gasteiger partial charge >= 0.3 is 5.97 Å². The van der Waals surface area contributed by atoms with Crippen molar-refractivity contribution in [3.05, 3.63) is 155 Å². The van der Waals surface area contributed by atoms with E-state index in [0.717, 1.165) is 22.3 Å². The molecule has 5 rings (SSSR count). The Morgan fingerprint density at radius 1 is 0.688 bits per heavy atom. The molecule has 3 N–H and O–H groups in total. The van der Waals surface area contributed by atoms with Crippen LogP contribution in [0.3, 0.4) is 0 Å². The quantitative estimate of drug-likeness (QED) is 0.135. The number of carboxylic acids is 1. The van der Waals surface area contributed by atoms with Crippen molar-refractivity contribution in [2.24, 2.45) is 5.73 Å². The van der Waals surface area contributed by atoms with Crippen LogP contribution in [0, 0.1) is 0 Å². The van der Waals surface area contributed by atoms with Gasteiger partial charge in [-0.2, -0.15) is 0 Å². The topological polar surface area (TPSA) is 109 Å². The molecule has 1 aliphatic heterocycles. The summed E-state index contributed by atoms with van der Waals surface area (Å²) in [6.45, 7) is 1.15. The van der Waals surface area contributed by atoms with Crippen LogP contribution < -0.4 is 5.73 Å². The lowest BCUT2D eigenvalue weighted by Crippen LogP contribution is -2.60. The number of benzene rings is 4. The highest BCUT2D eigenvalue weighted by molar-refractivity contribution is 5.73. The number of hydrogen-bond donors (Lipinski definition) is 2. The van der Waals surface area contributed by atoms with Crippen molar-refractivity contribution in [2.45, 2.75) is 69.4 Å². The van der Waals surface area contributed by atoms with Crippen molar-refractivity contribution in [1.29, 1.82) is 0 Å². The SMILES string of the molecule is NC(C/C(F)=C/C1O[C@H](COCc2ccccc2)[C@@H](OCc2ccccc2)[C@H](OCc2ccccc2)[C@H]1OCc1ccccc1)C(=O)O. The number of hydrogen-bond acceptors (Lipinski definition) is 7. The van der Waals surface area contributed by atoms with Gasteiger partial charge in [0.05, 0.1) is 33.0 Å². The molecule has 252 valence electrons. The predicted molar refractivity (Wildman–Crippen MR) is 179 cm³/mol. The zero-order valence-electron chi connectivity index (χ0n) is 26.7. The first-order valence-electron chi connectivity index (χ1n) is 16.0. The monoisotopic (exact) mass is 655 g/mol. The standard InChI is InChI=1S/C39H42FNO7/c40-32(21-33(41)39(42)43)22-34-36(45-24-29-15-7-2-8-16-29)38(47-26-31-19-11-4-12-20-31)37(46-25-30-17-9-3-10-18-30)35(48-34)27-44-23-28-13-5-1-6-14-28/h1-20,22,33-38H,21,23-27,41H2,(H,42,43)/b32-22-/t33?,34?,35-,36+,37-,38-/m1/s1. The highest BCUT2D eigenvalue weighted by Crippen LogP contribution is 2.32. The van der Waals surface area contributed by atoms with E-state index >= 15 is 4.39 Å². The van der Waals surface area contributed by atoms with E-state index in [-0.39, 0.29) is 26.4 Å². The minimum atomic E-state index is -1.41. The molecule has 6 atom stereocenters. The summed E-state index contributed by atoms with van der Waals surface area (Å²) < 4.78 is 47.9. The van der Waals surface area contributed by atoms with Gasteiger partial charge in [0.15, 0.2) is 0 Å². The van der Waals surface area contributed by atoms with E-state index in [4.69, 9.17) is 29.4 Å². The molecule has 0 aliphatic carbocycles. The fraction of sp³-hybridized carbons (Fsp3) is 0.308. The van der Waals surface area contributed by atoms with Crippen LogP contribution in [0.15, 0.2) is 133 Å². The Kier molecular flexibility index (Phi) is 13.4. The van der Waals surface area contributed by atoms with Gasteiger partial charge in [-0.05, 0) is 28.3 Å². The molecule has 0 amide bonds. The van der Waals surface area contributed by atoms with Crippen molar-refractivity contribution < 1.29 is 38.0 Å². The Morgan fingerprint density at radius 2 is 1.10 bits per heavy atom.